The first kappa shape index (κ1) is 14.5. The molecule has 0 aliphatic heterocycles. The summed E-state index contributed by atoms with van der Waals surface area (Å²) in [6.45, 7) is 1.87. The largest absolute Gasteiger partial charge is 0.478 e. The molecule has 0 aliphatic rings. The number of benzene rings is 2. The van der Waals surface area contributed by atoms with Gasteiger partial charge >= 0.3 is 11.9 Å². The molecule has 0 radical (unpaired) electrons. The van der Waals surface area contributed by atoms with Gasteiger partial charge in [0.15, 0.2) is 5.78 Å². The quantitative estimate of drug-likeness (QED) is 0.842. The molecule has 0 aromatic heterocycles. The molecule has 0 atom stereocenters. The molecule has 0 heterocycles. The van der Waals surface area contributed by atoms with E-state index in [4.69, 9.17) is 10.2 Å². The van der Waals surface area contributed by atoms with Gasteiger partial charge < -0.3 is 10.2 Å². The van der Waals surface area contributed by atoms with E-state index in [2.05, 4.69) is 0 Å². The molecular formula is C16H12O5. The summed E-state index contributed by atoms with van der Waals surface area (Å²) in [7, 11) is 0. The number of rotatable bonds is 4. The molecular weight excluding hydrogens is 272 g/mol. The minimum atomic E-state index is -1.34. The molecule has 0 aliphatic carbocycles. The normalized spacial score (nSPS) is 10.1. The van der Waals surface area contributed by atoms with E-state index in [-0.39, 0.29) is 16.7 Å². The van der Waals surface area contributed by atoms with Crippen molar-refractivity contribution in [3.8, 4) is 0 Å². The van der Waals surface area contributed by atoms with Crippen molar-refractivity contribution in [1.82, 2.24) is 0 Å². The average Bonchev–Trinajstić information content (AvgIpc) is 2.46. The number of aryl methyl sites for hydroxylation is 1. The van der Waals surface area contributed by atoms with E-state index in [0.29, 0.717) is 5.56 Å². The number of carboxylic acids is 2. The van der Waals surface area contributed by atoms with Crippen LogP contribution in [0.3, 0.4) is 0 Å². The Labute approximate surface area is 120 Å². The highest BCUT2D eigenvalue weighted by Gasteiger charge is 2.19. The molecule has 0 unspecified atom stereocenters. The van der Waals surface area contributed by atoms with Gasteiger partial charge in [-0.2, -0.15) is 0 Å². The van der Waals surface area contributed by atoms with Gasteiger partial charge in [0.1, 0.15) is 0 Å². The van der Waals surface area contributed by atoms with Gasteiger partial charge in [-0.15, -0.1) is 0 Å². The minimum Gasteiger partial charge on any atom is -0.478 e. The highest BCUT2D eigenvalue weighted by atomic mass is 16.4. The van der Waals surface area contributed by atoms with E-state index in [1.807, 2.05) is 6.92 Å². The lowest BCUT2D eigenvalue weighted by molar-refractivity contribution is 0.0692. The molecule has 2 N–H and O–H groups in total. The predicted molar refractivity (Wildman–Crippen MR) is 75.0 cm³/mol. The number of hydrogen-bond acceptors (Lipinski definition) is 3. The van der Waals surface area contributed by atoms with E-state index in [1.54, 1.807) is 24.3 Å². The second kappa shape index (κ2) is 5.58. The van der Waals surface area contributed by atoms with Crippen molar-refractivity contribution in [1.29, 1.82) is 0 Å². The summed E-state index contributed by atoms with van der Waals surface area (Å²) >= 11 is 0. The van der Waals surface area contributed by atoms with E-state index in [9.17, 15) is 14.4 Å². The van der Waals surface area contributed by atoms with Gasteiger partial charge in [-0.25, -0.2) is 9.59 Å². The molecule has 2 rings (SSSR count). The number of carbonyl (C=O) groups excluding carboxylic acids is 1. The zero-order valence-electron chi connectivity index (χ0n) is 11.2. The van der Waals surface area contributed by atoms with Gasteiger partial charge in [0, 0.05) is 11.1 Å². The van der Waals surface area contributed by atoms with Crippen LogP contribution in [0.2, 0.25) is 0 Å². The van der Waals surface area contributed by atoms with Gasteiger partial charge in [-0.1, -0.05) is 29.8 Å². The molecule has 5 heteroatoms. The standard InChI is InChI=1S/C16H12O5/c1-9-2-4-10(5-3-9)14(17)12-7-6-11(15(18)19)8-13(12)16(20)21/h2-8H,1H3,(H,18,19)(H,20,21). The third-order valence-corrected chi connectivity index (χ3v) is 3.06. The lowest BCUT2D eigenvalue weighted by Gasteiger charge is -2.07. The Kier molecular flexibility index (Phi) is 3.84. The number of aromatic carboxylic acids is 2. The zero-order valence-corrected chi connectivity index (χ0v) is 11.2. The number of carboxylic acid groups (broad SMARTS) is 2. The van der Waals surface area contributed by atoms with Gasteiger partial charge in [0.05, 0.1) is 11.1 Å². The Bertz CT molecular complexity index is 729. The summed E-state index contributed by atoms with van der Waals surface area (Å²) in [5.41, 5.74) is 0.807. The van der Waals surface area contributed by atoms with Crippen molar-refractivity contribution < 1.29 is 24.6 Å². The molecule has 5 nitrogen and oxygen atoms in total. The molecule has 21 heavy (non-hydrogen) atoms. The highest BCUT2D eigenvalue weighted by Crippen LogP contribution is 2.17. The Morgan fingerprint density at radius 1 is 0.762 bits per heavy atom. The van der Waals surface area contributed by atoms with Gasteiger partial charge in [-0.05, 0) is 25.1 Å². The van der Waals surface area contributed by atoms with Crippen LogP contribution in [0.1, 0.15) is 42.2 Å². The Hall–Kier alpha value is -2.95. The Morgan fingerprint density at radius 3 is 1.86 bits per heavy atom. The summed E-state index contributed by atoms with van der Waals surface area (Å²) in [4.78, 5) is 34.5. The third kappa shape index (κ3) is 2.97. The van der Waals surface area contributed by atoms with Gasteiger partial charge in [0.2, 0.25) is 0 Å². The fraction of sp³-hybridized carbons (Fsp3) is 0.0625. The maximum atomic E-state index is 12.4. The first-order valence-electron chi connectivity index (χ1n) is 6.12. The van der Waals surface area contributed by atoms with Crippen molar-refractivity contribution in [2.75, 3.05) is 0 Å². The Balaban J connectivity index is 2.52. The molecule has 0 fully saturated rings. The molecule has 2 aromatic carbocycles. The summed E-state index contributed by atoms with van der Waals surface area (Å²) in [5.74, 6) is -3.04. The zero-order chi connectivity index (χ0) is 15.6. The minimum absolute atomic E-state index is 0.0312. The lowest BCUT2D eigenvalue weighted by atomic mass is 9.96. The van der Waals surface area contributed by atoms with Gasteiger partial charge in [-0.3, -0.25) is 4.79 Å². The van der Waals surface area contributed by atoms with Crippen molar-refractivity contribution in [2.24, 2.45) is 0 Å². The number of ketones is 1. The molecule has 106 valence electrons. The molecule has 0 amide bonds. The summed E-state index contributed by atoms with van der Waals surface area (Å²) in [5, 5.41) is 18.1. The van der Waals surface area contributed by atoms with Crippen molar-refractivity contribution in [2.45, 2.75) is 6.92 Å². The maximum Gasteiger partial charge on any atom is 0.336 e. The van der Waals surface area contributed by atoms with Crippen LogP contribution < -0.4 is 0 Å². The highest BCUT2D eigenvalue weighted by molar-refractivity contribution is 6.14. The summed E-state index contributed by atoms with van der Waals surface area (Å²) < 4.78 is 0. The summed E-state index contributed by atoms with van der Waals surface area (Å²) in [6, 6.07) is 10.2. The SMILES string of the molecule is Cc1ccc(C(=O)c2ccc(C(=O)O)cc2C(=O)O)cc1. The maximum absolute atomic E-state index is 12.4. The van der Waals surface area contributed by atoms with E-state index >= 15 is 0 Å². The van der Waals surface area contributed by atoms with Crippen molar-refractivity contribution >= 4 is 17.7 Å². The first-order valence-corrected chi connectivity index (χ1v) is 6.12. The molecule has 0 saturated carbocycles. The predicted octanol–water partition coefficient (Wildman–Crippen LogP) is 2.62. The smallest absolute Gasteiger partial charge is 0.336 e. The molecule has 0 saturated heterocycles. The van der Waals surface area contributed by atoms with E-state index in [1.165, 1.54) is 12.1 Å². The second-order valence-electron chi connectivity index (χ2n) is 4.57. The van der Waals surface area contributed by atoms with Gasteiger partial charge in [0.25, 0.3) is 0 Å². The van der Waals surface area contributed by atoms with E-state index < -0.39 is 17.7 Å². The van der Waals surface area contributed by atoms with Crippen LogP contribution >= 0.6 is 0 Å². The number of carbonyl (C=O) groups is 3. The van der Waals surface area contributed by atoms with Crippen LogP contribution in [0.5, 0.6) is 0 Å². The first-order chi connectivity index (χ1) is 9.90. The van der Waals surface area contributed by atoms with E-state index in [0.717, 1.165) is 11.6 Å². The fourth-order valence-electron chi connectivity index (χ4n) is 1.91. The van der Waals surface area contributed by atoms with Crippen molar-refractivity contribution in [3.05, 3.63) is 70.3 Å². The fourth-order valence-corrected chi connectivity index (χ4v) is 1.91. The summed E-state index contributed by atoms with van der Waals surface area (Å²) in [6.07, 6.45) is 0. The Morgan fingerprint density at radius 2 is 1.33 bits per heavy atom. The lowest BCUT2D eigenvalue weighted by Crippen LogP contribution is -2.11. The topological polar surface area (TPSA) is 91.7 Å². The van der Waals surface area contributed by atoms with Crippen LogP contribution in [0.4, 0.5) is 0 Å². The van der Waals surface area contributed by atoms with Crippen LogP contribution in [0.15, 0.2) is 42.5 Å². The van der Waals surface area contributed by atoms with Crippen LogP contribution in [0, 0.1) is 6.92 Å². The average molecular weight is 284 g/mol. The second-order valence-corrected chi connectivity index (χ2v) is 4.57. The van der Waals surface area contributed by atoms with Crippen LogP contribution in [-0.4, -0.2) is 27.9 Å². The molecule has 0 spiro atoms. The van der Waals surface area contributed by atoms with Crippen molar-refractivity contribution in [3.63, 3.8) is 0 Å². The van der Waals surface area contributed by atoms with Crippen LogP contribution in [0.25, 0.3) is 0 Å². The molecule has 2 aromatic rings. The molecule has 0 bridgehead atoms. The third-order valence-electron chi connectivity index (χ3n) is 3.06. The number of hydrogen-bond donors (Lipinski definition) is 2. The van der Waals surface area contributed by atoms with Crippen LogP contribution in [-0.2, 0) is 0 Å². The monoisotopic (exact) mass is 284 g/mol.